The summed E-state index contributed by atoms with van der Waals surface area (Å²) in [6.45, 7) is 13.1. The first kappa shape index (κ1) is 32.5. The number of fused-ring (bicyclic) bond motifs is 1. The minimum atomic E-state index is -0.431. The molecule has 1 aromatic carbocycles. The predicted octanol–water partition coefficient (Wildman–Crippen LogP) is 5.30. The van der Waals surface area contributed by atoms with Crippen molar-refractivity contribution < 1.29 is 14.6 Å². The van der Waals surface area contributed by atoms with Gasteiger partial charge in [-0.05, 0) is 25.3 Å². The molecular formula is C29H41N7O3S2. The zero-order chi connectivity index (χ0) is 29.8. The standard InChI is InChI=1S/C29H41N7O3S2/c1-7-8-9-21(19-33-34-27(30)18-26(37)29(2,3)4)41-28-22-16-25(24(38-5)17-23(22)31-20-32-28)39-15-14-35-10-12-36(40-6)13-11-35/h7-9,16-20,37H,10-15H2,1-6H3,(H2,30,34)/b8-7-,21-9+,26-18-,33-19-. The van der Waals surface area contributed by atoms with Gasteiger partial charge in [-0.15, -0.1) is 5.10 Å². The quantitative estimate of drug-likeness (QED) is 0.0486. The minimum Gasteiger partial charge on any atom is -0.512 e. The molecule has 2 aromatic rings. The van der Waals surface area contributed by atoms with Gasteiger partial charge in [-0.25, -0.2) is 14.3 Å². The van der Waals surface area contributed by atoms with Crippen LogP contribution in [0.15, 0.2) is 68.7 Å². The molecule has 0 atom stereocenters. The highest BCUT2D eigenvalue weighted by atomic mass is 32.2. The molecule has 222 valence electrons. The van der Waals surface area contributed by atoms with Crippen LogP contribution in [0.25, 0.3) is 10.9 Å². The number of aromatic nitrogens is 2. The van der Waals surface area contributed by atoms with E-state index in [9.17, 15) is 5.11 Å². The molecule has 0 spiro atoms. The highest BCUT2D eigenvalue weighted by Gasteiger charge is 2.18. The zero-order valence-corrected chi connectivity index (χ0v) is 26.3. The number of nitrogens with two attached hydrogens (primary N) is 1. The van der Waals surface area contributed by atoms with Crippen LogP contribution in [0.4, 0.5) is 0 Å². The van der Waals surface area contributed by atoms with Gasteiger partial charge in [0.2, 0.25) is 0 Å². The fraction of sp³-hybridized carbons (Fsp3) is 0.448. The largest absolute Gasteiger partial charge is 0.512 e. The van der Waals surface area contributed by atoms with Crippen LogP contribution in [0.2, 0.25) is 0 Å². The zero-order valence-electron chi connectivity index (χ0n) is 24.7. The Morgan fingerprint density at radius 1 is 1.17 bits per heavy atom. The second-order valence-corrected chi connectivity index (χ2v) is 12.2. The fourth-order valence-electron chi connectivity index (χ4n) is 3.76. The number of benzene rings is 1. The number of hydrogen-bond donors (Lipinski definition) is 2. The molecule has 0 radical (unpaired) electrons. The van der Waals surface area contributed by atoms with E-state index in [1.54, 1.807) is 25.3 Å². The summed E-state index contributed by atoms with van der Waals surface area (Å²) in [5.41, 5.74) is 6.25. The summed E-state index contributed by atoms with van der Waals surface area (Å²) in [6, 6.07) is 3.80. The van der Waals surface area contributed by atoms with E-state index in [-0.39, 0.29) is 11.6 Å². The number of piperazine rings is 1. The number of amidine groups is 1. The van der Waals surface area contributed by atoms with Gasteiger partial charge in [0.15, 0.2) is 11.5 Å². The Labute approximate surface area is 251 Å². The molecule has 1 saturated heterocycles. The van der Waals surface area contributed by atoms with E-state index in [1.165, 1.54) is 24.2 Å². The summed E-state index contributed by atoms with van der Waals surface area (Å²) in [6.07, 6.45) is 12.4. The second-order valence-electron chi connectivity index (χ2n) is 10.2. The lowest BCUT2D eigenvalue weighted by Gasteiger charge is -2.33. The number of allylic oxidation sites excluding steroid dienone is 5. The van der Waals surface area contributed by atoms with E-state index in [0.29, 0.717) is 18.1 Å². The lowest BCUT2D eigenvalue weighted by Crippen LogP contribution is -2.44. The van der Waals surface area contributed by atoms with Crippen molar-refractivity contribution in [1.29, 1.82) is 0 Å². The topological polar surface area (TPSA) is 122 Å². The number of hydrogen-bond acceptors (Lipinski definition) is 11. The molecule has 0 saturated carbocycles. The van der Waals surface area contributed by atoms with Gasteiger partial charge in [-0.2, -0.15) is 5.10 Å². The summed E-state index contributed by atoms with van der Waals surface area (Å²) >= 11 is 3.22. The predicted molar refractivity (Wildman–Crippen MR) is 172 cm³/mol. The number of methoxy groups -OCH3 is 1. The summed E-state index contributed by atoms with van der Waals surface area (Å²) in [5, 5.41) is 19.9. The second kappa shape index (κ2) is 15.8. The van der Waals surface area contributed by atoms with E-state index in [1.807, 2.05) is 58.1 Å². The van der Waals surface area contributed by atoms with E-state index in [2.05, 4.69) is 35.6 Å². The van der Waals surface area contributed by atoms with Gasteiger partial charge in [0.25, 0.3) is 0 Å². The molecule has 0 amide bonds. The molecule has 2 heterocycles. The van der Waals surface area contributed by atoms with Gasteiger partial charge >= 0.3 is 0 Å². The first-order valence-electron chi connectivity index (χ1n) is 13.4. The van der Waals surface area contributed by atoms with Crippen molar-refractivity contribution in [2.45, 2.75) is 32.7 Å². The number of thioether (sulfide) groups is 1. The van der Waals surface area contributed by atoms with Crippen molar-refractivity contribution in [3.05, 3.63) is 53.4 Å². The lowest BCUT2D eigenvalue weighted by molar-refractivity contribution is 0.162. The molecule has 1 aliphatic rings. The van der Waals surface area contributed by atoms with Gasteiger partial charge < -0.3 is 20.3 Å². The molecule has 41 heavy (non-hydrogen) atoms. The van der Waals surface area contributed by atoms with Crippen LogP contribution in [0.1, 0.15) is 27.7 Å². The molecule has 3 N–H and O–H groups in total. The van der Waals surface area contributed by atoms with Gasteiger partial charge in [0.05, 0.1) is 18.8 Å². The van der Waals surface area contributed by atoms with Crippen LogP contribution in [-0.4, -0.2) is 89.0 Å². The fourth-order valence-corrected chi connectivity index (χ4v) is 5.13. The number of aliphatic hydroxyl groups is 1. The van der Waals surface area contributed by atoms with Gasteiger partial charge in [-0.1, -0.05) is 56.6 Å². The molecule has 12 heteroatoms. The van der Waals surface area contributed by atoms with Crippen LogP contribution in [-0.2, 0) is 0 Å². The maximum atomic E-state index is 10.2. The number of rotatable bonds is 12. The van der Waals surface area contributed by atoms with Crippen molar-refractivity contribution in [3.8, 4) is 11.5 Å². The first-order chi connectivity index (χ1) is 19.6. The lowest BCUT2D eigenvalue weighted by atomic mass is 9.93. The van der Waals surface area contributed by atoms with Crippen LogP contribution in [0.5, 0.6) is 11.5 Å². The molecule has 10 nitrogen and oxygen atoms in total. The minimum absolute atomic E-state index is 0.108. The van der Waals surface area contributed by atoms with Crippen molar-refractivity contribution in [2.75, 3.05) is 52.7 Å². The first-order valence-corrected chi connectivity index (χ1v) is 15.4. The summed E-state index contributed by atoms with van der Waals surface area (Å²) < 4.78 is 14.2. The molecule has 3 rings (SSSR count). The van der Waals surface area contributed by atoms with Crippen molar-refractivity contribution >= 4 is 46.7 Å². The third-order valence-corrected chi connectivity index (χ3v) is 8.09. The van der Waals surface area contributed by atoms with Crippen molar-refractivity contribution in [3.63, 3.8) is 0 Å². The average molecular weight is 600 g/mol. The van der Waals surface area contributed by atoms with Crippen LogP contribution < -0.4 is 15.2 Å². The number of ether oxygens (including phenoxy) is 2. The average Bonchev–Trinajstić information content (AvgIpc) is 2.95. The van der Waals surface area contributed by atoms with Crippen molar-refractivity contribution in [2.24, 2.45) is 21.4 Å². The third kappa shape index (κ3) is 10.1. The number of nitrogens with zero attached hydrogens (tertiary/aromatic N) is 6. The SMILES string of the molecule is C\C=C/C=C(\C=N/N=C(N)\C=C(/O)C(C)(C)C)Sc1ncnc2cc(OC)c(OCCN3CCN(SC)CC3)cc12. The smallest absolute Gasteiger partial charge is 0.162 e. The summed E-state index contributed by atoms with van der Waals surface area (Å²) in [4.78, 5) is 12.2. The summed E-state index contributed by atoms with van der Waals surface area (Å²) in [7, 11) is 1.63. The molecule has 1 fully saturated rings. The maximum absolute atomic E-state index is 10.2. The van der Waals surface area contributed by atoms with Gasteiger partial charge in [0, 0.05) is 60.6 Å². The molecule has 0 unspecified atom stereocenters. The van der Waals surface area contributed by atoms with Crippen LogP contribution >= 0.6 is 23.7 Å². The van der Waals surface area contributed by atoms with E-state index < -0.39 is 5.41 Å². The van der Waals surface area contributed by atoms with Crippen LogP contribution in [0.3, 0.4) is 0 Å². The highest BCUT2D eigenvalue weighted by Crippen LogP contribution is 2.37. The molecule has 1 aliphatic heterocycles. The Kier molecular flexibility index (Phi) is 12.5. The Hall–Kier alpha value is -3.06. The normalized spacial score (nSPS) is 16.8. The third-order valence-electron chi connectivity index (χ3n) is 6.22. The van der Waals surface area contributed by atoms with E-state index in [0.717, 1.165) is 53.6 Å². The van der Waals surface area contributed by atoms with E-state index in [4.69, 9.17) is 15.2 Å². The Balaban J connectivity index is 1.79. The monoisotopic (exact) mass is 599 g/mol. The van der Waals surface area contributed by atoms with Crippen LogP contribution in [0, 0.1) is 5.41 Å². The van der Waals surface area contributed by atoms with Crippen molar-refractivity contribution in [1.82, 2.24) is 19.2 Å². The van der Waals surface area contributed by atoms with E-state index >= 15 is 0 Å². The molecule has 1 aromatic heterocycles. The molecule has 0 bridgehead atoms. The maximum Gasteiger partial charge on any atom is 0.162 e. The Morgan fingerprint density at radius 2 is 1.93 bits per heavy atom. The molecule has 0 aliphatic carbocycles. The summed E-state index contributed by atoms with van der Waals surface area (Å²) in [5.74, 6) is 1.51. The Morgan fingerprint density at radius 3 is 2.59 bits per heavy atom. The Bertz CT molecular complexity index is 1310. The number of aliphatic hydroxyl groups excluding tert-OH is 1. The van der Waals surface area contributed by atoms with Gasteiger partial charge in [-0.3, -0.25) is 4.90 Å². The highest BCUT2D eigenvalue weighted by molar-refractivity contribution is 8.04. The molecular weight excluding hydrogens is 558 g/mol. The van der Waals surface area contributed by atoms with Gasteiger partial charge in [0.1, 0.15) is 29.6 Å².